The van der Waals surface area contributed by atoms with Gasteiger partial charge in [-0.05, 0) is 57.9 Å². The summed E-state index contributed by atoms with van der Waals surface area (Å²) in [4.78, 5) is 4.30. The Balaban J connectivity index is 1.80. The Hall–Kier alpha value is -1.35. The molecule has 2 aromatic rings. The second-order valence-corrected chi connectivity index (χ2v) is 6.37. The minimum absolute atomic E-state index is 0.714. The monoisotopic (exact) mass is 332 g/mol. The molecular formula is C17H21BrN2. The zero-order valence-electron chi connectivity index (χ0n) is 12.1. The lowest BCUT2D eigenvalue weighted by molar-refractivity contribution is 0.647. The van der Waals surface area contributed by atoms with Gasteiger partial charge in [0.05, 0.1) is 0 Å². The highest BCUT2D eigenvalue weighted by Gasteiger charge is 1.99. The second kappa shape index (κ2) is 7.44. The Bertz CT molecular complexity index is 518. The van der Waals surface area contributed by atoms with E-state index in [0.717, 1.165) is 29.7 Å². The van der Waals surface area contributed by atoms with Gasteiger partial charge in [-0.3, -0.25) is 0 Å². The summed E-state index contributed by atoms with van der Waals surface area (Å²) >= 11 is 3.38. The summed E-state index contributed by atoms with van der Waals surface area (Å²) in [6.07, 6.45) is 3.98. The van der Waals surface area contributed by atoms with E-state index in [0.29, 0.717) is 5.92 Å². The zero-order chi connectivity index (χ0) is 14.4. The molecule has 1 aromatic heterocycles. The van der Waals surface area contributed by atoms with E-state index in [9.17, 15) is 0 Å². The Morgan fingerprint density at radius 3 is 2.35 bits per heavy atom. The maximum absolute atomic E-state index is 4.30. The topological polar surface area (TPSA) is 24.9 Å². The van der Waals surface area contributed by atoms with Crippen LogP contribution in [0.5, 0.6) is 0 Å². The van der Waals surface area contributed by atoms with Crippen LogP contribution in [0.4, 0.5) is 5.82 Å². The molecule has 0 radical (unpaired) electrons. The number of pyridine rings is 1. The Labute approximate surface area is 129 Å². The van der Waals surface area contributed by atoms with Crippen molar-refractivity contribution in [2.75, 3.05) is 11.9 Å². The van der Waals surface area contributed by atoms with Gasteiger partial charge in [-0.1, -0.05) is 38.1 Å². The molecular weight excluding hydrogens is 312 g/mol. The fourth-order valence-corrected chi connectivity index (χ4v) is 2.36. The zero-order valence-corrected chi connectivity index (χ0v) is 13.7. The van der Waals surface area contributed by atoms with Gasteiger partial charge in [0.25, 0.3) is 0 Å². The summed E-state index contributed by atoms with van der Waals surface area (Å²) in [6.45, 7) is 5.41. The number of benzene rings is 1. The fraction of sp³-hybridized carbons (Fsp3) is 0.353. The number of anilines is 1. The van der Waals surface area contributed by atoms with Crippen LogP contribution in [0, 0.1) is 5.92 Å². The summed E-state index contributed by atoms with van der Waals surface area (Å²) in [7, 11) is 0. The van der Waals surface area contributed by atoms with Crippen LogP contribution >= 0.6 is 15.9 Å². The van der Waals surface area contributed by atoms with E-state index in [4.69, 9.17) is 0 Å². The van der Waals surface area contributed by atoms with E-state index >= 15 is 0 Å². The average Bonchev–Trinajstić information content (AvgIpc) is 2.42. The molecule has 0 aliphatic rings. The first-order valence-electron chi connectivity index (χ1n) is 7.07. The van der Waals surface area contributed by atoms with Crippen molar-refractivity contribution < 1.29 is 0 Å². The van der Waals surface area contributed by atoms with Gasteiger partial charge in [0.1, 0.15) is 5.82 Å². The highest BCUT2D eigenvalue weighted by molar-refractivity contribution is 9.10. The number of hydrogen-bond acceptors (Lipinski definition) is 2. The first-order valence-corrected chi connectivity index (χ1v) is 7.86. The molecule has 1 aromatic carbocycles. The normalized spacial score (nSPS) is 10.8. The second-order valence-electron chi connectivity index (χ2n) is 5.45. The molecule has 0 saturated heterocycles. The highest BCUT2D eigenvalue weighted by atomic mass is 79.9. The van der Waals surface area contributed by atoms with Crippen molar-refractivity contribution in [1.82, 2.24) is 4.98 Å². The third-order valence-electron chi connectivity index (χ3n) is 3.11. The summed E-state index contributed by atoms with van der Waals surface area (Å²) in [5, 5.41) is 3.34. The van der Waals surface area contributed by atoms with E-state index in [-0.39, 0.29) is 0 Å². The standard InChI is InChI=1S/C17H21BrN2/c1-13(2)11-15-5-3-14(4-6-15)9-10-19-17-8-7-16(18)12-20-17/h3-8,12-13H,9-11H2,1-2H3,(H,19,20). The molecule has 3 heteroatoms. The Morgan fingerprint density at radius 1 is 1.05 bits per heavy atom. The van der Waals surface area contributed by atoms with Crippen molar-refractivity contribution in [3.8, 4) is 0 Å². The minimum Gasteiger partial charge on any atom is -0.370 e. The van der Waals surface area contributed by atoms with Crippen LogP contribution in [-0.4, -0.2) is 11.5 Å². The quantitative estimate of drug-likeness (QED) is 0.829. The van der Waals surface area contributed by atoms with Gasteiger partial charge >= 0.3 is 0 Å². The lowest BCUT2D eigenvalue weighted by atomic mass is 10.0. The van der Waals surface area contributed by atoms with Crippen molar-refractivity contribution >= 4 is 21.7 Å². The molecule has 20 heavy (non-hydrogen) atoms. The fourth-order valence-electron chi connectivity index (χ4n) is 2.13. The Kier molecular flexibility index (Phi) is 5.60. The van der Waals surface area contributed by atoms with E-state index in [1.807, 2.05) is 18.3 Å². The van der Waals surface area contributed by atoms with E-state index in [1.54, 1.807) is 0 Å². The third kappa shape index (κ3) is 4.97. The van der Waals surface area contributed by atoms with E-state index < -0.39 is 0 Å². The van der Waals surface area contributed by atoms with Crippen molar-refractivity contribution in [3.63, 3.8) is 0 Å². The highest BCUT2D eigenvalue weighted by Crippen LogP contribution is 2.12. The first-order chi connectivity index (χ1) is 9.63. The summed E-state index contributed by atoms with van der Waals surface area (Å²) in [6, 6.07) is 12.9. The van der Waals surface area contributed by atoms with Crippen LogP contribution in [0.3, 0.4) is 0 Å². The van der Waals surface area contributed by atoms with Gasteiger partial charge in [-0.15, -0.1) is 0 Å². The number of nitrogens with zero attached hydrogens (tertiary/aromatic N) is 1. The number of rotatable bonds is 6. The molecule has 2 nitrogen and oxygen atoms in total. The van der Waals surface area contributed by atoms with Crippen LogP contribution in [-0.2, 0) is 12.8 Å². The van der Waals surface area contributed by atoms with Crippen molar-refractivity contribution in [3.05, 3.63) is 58.2 Å². The summed E-state index contributed by atoms with van der Waals surface area (Å²) < 4.78 is 1.00. The molecule has 106 valence electrons. The number of nitrogens with one attached hydrogen (secondary N) is 1. The molecule has 0 spiro atoms. The van der Waals surface area contributed by atoms with Gasteiger partial charge in [-0.25, -0.2) is 4.98 Å². The van der Waals surface area contributed by atoms with Crippen LogP contribution < -0.4 is 5.32 Å². The predicted octanol–water partition coefficient (Wildman–Crippen LogP) is 4.70. The number of aromatic nitrogens is 1. The van der Waals surface area contributed by atoms with Gasteiger partial charge in [0.2, 0.25) is 0 Å². The van der Waals surface area contributed by atoms with Gasteiger partial charge in [-0.2, -0.15) is 0 Å². The lowest BCUT2D eigenvalue weighted by Gasteiger charge is -2.08. The SMILES string of the molecule is CC(C)Cc1ccc(CCNc2ccc(Br)cn2)cc1. The van der Waals surface area contributed by atoms with Crippen LogP contribution in [0.25, 0.3) is 0 Å². The van der Waals surface area contributed by atoms with Crippen LogP contribution in [0.15, 0.2) is 47.1 Å². The van der Waals surface area contributed by atoms with Crippen molar-refractivity contribution in [2.45, 2.75) is 26.7 Å². The maximum atomic E-state index is 4.30. The number of hydrogen-bond donors (Lipinski definition) is 1. The van der Waals surface area contributed by atoms with Crippen molar-refractivity contribution in [1.29, 1.82) is 0 Å². The maximum Gasteiger partial charge on any atom is 0.125 e. The molecule has 0 unspecified atom stereocenters. The molecule has 0 atom stereocenters. The third-order valence-corrected chi connectivity index (χ3v) is 3.58. The molecule has 0 aliphatic heterocycles. The van der Waals surface area contributed by atoms with Crippen LogP contribution in [0.1, 0.15) is 25.0 Å². The molecule has 0 bridgehead atoms. The van der Waals surface area contributed by atoms with E-state index in [1.165, 1.54) is 11.1 Å². The predicted molar refractivity (Wildman–Crippen MR) is 89.1 cm³/mol. The number of halogens is 1. The smallest absolute Gasteiger partial charge is 0.125 e. The molecule has 0 amide bonds. The molecule has 0 aliphatic carbocycles. The molecule has 0 saturated carbocycles. The largest absolute Gasteiger partial charge is 0.370 e. The van der Waals surface area contributed by atoms with Gasteiger partial charge in [0.15, 0.2) is 0 Å². The summed E-state index contributed by atoms with van der Waals surface area (Å²) in [5.41, 5.74) is 2.79. The van der Waals surface area contributed by atoms with Crippen LogP contribution in [0.2, 0.25) is 0 Å². The van der Waals surface area contributed by atoms with Gasteiger partial charge < -0.3 is 5.32 Å². The Morgan fingerprint density at radius 2 is 1.75 bits per heavy atom. The minimum atomic E-state index is 0.714. The molecule has 2 rings (SSSR count). The van der Waals surface area contributed by atoms with Crippen molar-refractivity contribution in [2.24, 2.45) is 5.92 Å². The first kappa shape index (κ1) is 15.0. The molecule has 1 N–H and O–H groups in total. The summed E-state index contributed by atoms with van der Waals surface area (Å²) in [5.74, 6) is 1.63. The molecule has 1 heterocycles. The van der Waals surface area contributed by atoms with E-state index in [2.05, 4.69) is 64.3 Å². The molecule has 0 fully saturated rings. The average molecular weight is 333 g/mol. The lowest BCUT2D eigenvalue weighted by Crippen LogP contribution is -2.06. The van der Waals surface area contributed by atoms with Gasteiger partial charge in [0, 0.05) is 17.2 Å².